The summed E-state index contributed by atoms with van der Waals surface area (Å²) in [6.07, 6.45) is 3.45. The number of hydrogen-bond donors (Lipinski definition) is 1. The predicted molar refractivity (Wildman–Crippen MR) is 113 cm³/mol. The van der Waals surface area contributed by atoms with Crippen LogP contribution < -0.4 is 10.4 Å². The highest BCUT2D eigenvalue weighted by molar-refractivity contribution is 6.40. The molecule has 146 valence electrons. The van der Waals surface area contributed by atoms with Crippen LogP contribution in [0.5, 0.6) is 0 Å². The molecule has 0 bridgehead atoms. The second-order valence-corrected chi connectivity index (χ2v) is 7.82. The summed E-state index contributed by atoms with van der Waals surface area (Å²) in [6.45, 7) is 3.84. The van der Waals surface area contributed by atoms with E-state index in [1.54, 1.807) is 0 Å². The second-order valence-electron chi connectivity index (χ2n) is 7.41. The van der Waals surface area contributed by atoms with Crippen LogP contribution in [0, 0.1) is 5.92 Å². The van der Waals surface area contributed by atoms with Gasteiger partial charge in [0.1, 0.15) is 5.71 Å². The monoisotopic (exact) mass is 396 g/mol. The van der Waals surface area contributed by atoms with Crippen molar-refractivity contribution in [3.05, 3.63) is 65.2 Å². The summed E-state index contributed by atoms with van der Waals surface area (Å²) in [7, 11) is 0. The molecule has 2 aliphatic heterocycles. The number of rotatable bonds is 4. The van der Waals surface area contributed by atoms with Crippen molar-refractivity contribution in [2.24, 2.45) is 11.0 Å². The van der Waals surface area contributed by atoms with Crippen molar-refractivity contribution in [3.8, 4) is 0 Å². The van der Waals surface area contributed by atoms with Crippen LogP contribution >= 0.6 is 11.6 Å². The second kappa shape index (κ2) is 8.33. The van der Waals surface area contributed by atoms with Crippen LogP contribution in [0.2, 0.25) is 5.02 Å². The highest BCUT2D eigenvalue weighted by Gasteiger charge is 2.40. The largest absolute Gasteiger partial charge is 0.284 e. The number of hydrazone groups is 1. The topological polar surface area (TPSA) is 47.9 Å². The first-order valence-electron chi connectivity index (χ1n) is 9.88. The molecule has 1 N–H and O–H groups in total. The molecule has 0 spiro atoms. The molecule has 2 aromatic carbocycles. The minimum absolute atomic E-state index is 0.0662. The Kier molecular flexibility index (Phi) is 5.64. The van der Waals surface area contributed by atoms with E-state index in [2.05, 4.69) is 24.5 Å². The number of anilines is 1. The summed E-state index contributed by atoms with van der Waals surface area (Å²) in [4.78, 5) is 13.0. The van der Waals surface area contributed by atoms with Crippen LogP contribution in [0.4, 0.5) is 5.69 Å². The lowest BCUT2D eigenvalue weighted by Crippen LogP contribution is -2.48. The van der Waals surface area contributed by atoms with Crippen molar-refractivity contribution in [1.82, 2.24) is 10.4 Å². The molecule has 0 aromatic heterocycles. The molecule has 2 atom stereocenters. The van der Waals surface area contributed by atoms with E-state index in [-0.39, 0.29) is 17.9 Å². The van der Waals surface area contributed by atoms with E-state index >= 15 is 0 Å². The van der Waals surface area contributed by atoms with E-state index in [1.807, 2.05) is 52.5 Å². The normalized spacial score (nSPS) is 22.8. The molecule has 1 amide bonds. The Hall–Kier alpha value is -2.37. The maximum Gasteiger partial charge on any atom is 0.282 e. The number of hydrazine groups is 1. The van der Waals surface area contributed by atoms with Crippen LogP contribution in [0.25, 0.3) is 0 Å². The van der Waals surface area contributed by atoms with Crippen LogP contribution in [-0.4, -0.2) is 29.7 Å². The van der Waals surface area contributed by atoms with Crippen molar-refractivity contribution < 1.29 is 4.79 Å². The first kappa shape index (κ1) is 19.0. The summed E-state index contributed by atoms with van der Waals surface area (Å²) in [5, 5.41) is 9.28. The zero-order valence-corrected chi connectivity index (χ0v) is 16.8. The van der Waals surface area contributed by atoms with Crippen LogP contribution in [0.3, 0.4) is 0 Å². The van der Waals surface area contributed by atoms with E-state index in [4.69, 9.17) is 16.7 Å². The number of para-hydroxylation sites is 1. The number of halogens is 1. The van der Waals surface area contributed by atoms with Crippen molar-refractivity contribution in [2.45, 2.75) is 32.2 Å². The summed E-state index contributed by atoms with van der Waals surface area (Å²) in [6, 6.07) is 17.7. The van der Waals surface area contributed by atoms with Crippen molar-refractivity contribution in [3.63, 3.8) is 0 Å². The third kappa shape index (κ3) is 3.77. The summed E-state index contributed by atoms with van der Waals surface area (Å²) in [5.74, 6) is -0.187. The van der Waals surface area contributed by atoms with Gasteiger partial charge in [-0.1, -0.05) is 67.4 Å². The number of piperidine rings is 1. The van der Waals surface area contributed by atoms with Gasteiger partial charge in [0.25, 0.3) is 5.91 Å². The average Bonchev–Trinajstić information content (AvgIpc) is 3.07. The van der Waals surface area contributed by atoms with Crippen molar-refractivity contribution >= 4 is 28.9 Å². The van der Waals surface area contributed by atoms with Gasteiger partial charge in [-0.05, 0) is 30.5 Å². The van der Waals surface area contributed by atoms with Gasteiger partial charge >= 0.3 is 0 Å². The lowest BCUT2D eigenvalue weighted by Gasteiger charge is -2.28. The van der Waals surface area contributed by atoms with Gasteiger partial charge in [0.15, 0.2) is 0 Å². The Morgan fingerprint density at radius 1 is 1.04 bits per heavy atom. The average molecular weight is 397 g/mol. The Labute approximate surface area is 170 Å². The van der Waals surface area contributed by atoms with Crippen molar-refractivity contribution in [2.75, 3.05) is 18.1 Å². The lowest BCUT2D eigenvalue weighted by molar-refractivity contribution is -0.120. The Balaban J connectivity index is 1.66. The summed E-state index contributed by atoms with van der Waals surface area (Å²) < 4.78 is 0. The molecule has 1 saturated heterocycles. The SMILES string of the molecule is C[C@@H]1C(C(=O)NN2CCCCC2)=NN(c2ccccc2Cl)[C@H]1c1ccccc1. The predicted octanol–water partition coefficient (Wildman–Crippen LogP) is 4.41. The highest BCUT2D eigenvalue weighted by Crippen LogP contribution is 2.41. The Bertz CT molecular complexity index is 864. The molecule has 6 heteroatoms. The van der Waals surface area contributed by atoms with E-state index in [1.165, 1.54) is 6.42 Å². The number of benzene rings is 2. The summed E-state index contributed by atoms with van der Waals surface area (Å²) in [5.41, 5.74) is 5.52. The molecule has 0 radical (unpaired) electrons. The van der Waals surface area contributed by atoms with Gasteiger partial charge in [0.05, 0.1) is 16.8 Å². The minimum atomic E-state index is -0.120. The summed E-state index contributed by atoms with van der Waals surface area (Å²) >= 11 is 6.47. The van der Waals surface area contributed by atoms with Crippen LogP contribution in [0.1, 0.15) is 37.8 Å². The third-order valence-electron chi connectivity index (χ3n) is 5.47. The molecule has 0 unspecified atom stereocenters. The fourth-order valence-electron chi connectivity index (χ4n) is 4.01. The van der Waals surface area contributed by atoms with Gasteiger partial charge in [-0.2, -0.15) is 5.10 Å². The number of nitrogens with zero attached hydrogens (tertiary/aromatic N) is 3. The zero-order chi connectivity index (χ0) is 19.5. The molecule has 2 heterocycles. The third-order valence-corrected chi connectivity index (χ3v) is 5.79. The molecule has 0 saturated carbocycles. The van der Waals surface area contributed by atoms with Crippen LogP contribution in [0.15, 0.2) is 59.7 Å². The molecule has 28 heavy (non-hydrogen) atoms. The number of nitrogens with one attached hydrogen (secondary N) is 1. The molecule has 2 aromatic rings. The fraction of sp³-hybridized carbons (Fsp3) is 0.364. The molecule has 5 nitrogen and oxygen atoms in total. The number of hydrogen-bond acceptors (Lipinski definition) is 4. The van der Waals surface area contributed by atoms with Gasteiger partial charge < -0.3 is 0 Å². The number of carbonyl (C=O) groups excluding carboxylic acids is 1. The molecular weight excluding hydrogens is 372 g/mol. The molecular formula is C22H25ClN4O. The number of amides is 1. The zero-order valence-electron chi connectivity index (χ0n) is 16.0. The molecule has 2 aliphatic rings. The molecule has 0 aliphatic carbocycles. The van der Waals surface area contributed by atoms with Crippen molar-refractivity contribution in [1.29, 1.82) is 0 Å². The fourth-order valence-corrected chi connectivity index (χ4v) is 4.23. The molecule has 1 fully saturated rings. The highest BCUT2D eigenvalue weighted by atomic mass is 35.5. The van der Waals surface area contributed by atoms with Gasteiger partial charge in [-0.25, -0.2) is 5.01 Å². The van der Waals surface area contributed by atoms with Gasteiger partial charge in [0, 0.05) is 19.0 Å². The van der Waals surface area contributed by atoms with E-state index < -0.39 is 0 Å². The standard InChI is InChI=1S/C22H25ClN4O/c1-16-20(22(28)25-26-14-8-3-9-15-26)24-27(19-13-7-6-12-18(19)23)21(16)17-10-4-2-5-11-17/h2,4-7,10-13,16,21H,3,8-9,14-15H2,1H3,(H,25,28)/t16-,21-/m1/s1. The van der Waals surface area contributed by atoms with Gasteiger partial charge in [-0.3, -0.25) is 15.2 Å². The quantitative estimate of drug-likeness (QED) is 0.832. The lowest BCUT2D eigenvalue weighted by atomic mass is 9.91. The number of carbonyl (C=O) groups is 1. The van der Waals surface area contributed by atoms with Gasteiger partial charge in [0.2, 0.25) is 0 Å². The Morgan fingerprint density at radius 2 is 1.71 bits per heavy atom. The molecule has 4 rings (SSSR count). The van der Waals surface area contributed by atoms with E-state index in [0.717, 1.165) is 37.2 Å². The first-order valence-corrected chi connectivity index (χ1v) is 10.3. The smallest absolute Gasteiger partial charge is 0.282 e. The van der Waals surface area contributed by atoms with Gasteiger partial charge in [-0.15, -0.1) is 0 Å². The first-order chi connectivity index (χ1) is 13.6. The maximum atomic E-state index is 13.0. The van der Waals surface area contributed by atoms with Crippen LogP contribution in [-0.2, 0) is 4.79 Å². The maximum absolute atomic E-state index is 13.0. The minimum Gasteiger partial charge on any atom is -0.284 e. The van der Waals surface area contributed by atoms with E-state index in [9.17, 15) is 4.79 Å². The van der Waals surface area contributed by atoms with E-state index in [0.29, 0.717) is 10.7 Å². The Morgan fingerprint density at radius 3 is 2.43 bits per heavy atom.